The van der Waals surface area contributed by atoms with E-state index in [1.165, 1.54) is 36.5 Å². The quantitative estimate of drug-likeness (QED) is 0.736. The van der Waals surface area contributed by atoms with Crippen molar-refractivity contribution in [3.8, 4) is 11.5 Å². The zero-order valence-corrected chi connectivity index (χ0v) is 14.1. The van der Waals surface area contributed by atoms with Crippen LogP contribution in [0.25, 0.3) is 0 Å². The van der Waals surface area contributed by atoms with Crippen LogP contribution in [0.15, 0.2) is 54.7 Å². The van der Waals surface area contributed by atoms with Gasteiger partial charge >= 0.3 is 0 Å². The van der Waals surface area contributed by atoms with Crippen LogP contribution in [0.2, 0.25) is 0 Å². The minimum Gasteiger partial charge on any atom is -0.486 e. The van der Waals surface area contributed by atoms with Crippen LogP contribution in [0.3, 0.4) is 0 Å². The number of amides is 1. The van der Waals surface area contributed by atoms with Gasteiger partial charge in [0.2, 0.25) is 5.95 Å². The summed E-state index contributed by atoms with van der Waals surface area (Å²) in [7, 11) is 0. The van der Waals surface area contributed by atoms with Gasteiger partial charge in [-0.15, -0.1) is 0 Å². The van der Waals surface area contributed by atoms with E-state index in [2.05, 4.69) is 20.6 Å². The number of anilines is 3. The van der Waals surface area contributed by atoms with E-state index in [1.54, 1.807) is 12.1 Å². The molecule has 0 spiro atoms. The minimum atomic E-state index is -0.422. The number of ether oxygens (including phenoxy) is 2. The second-order valence-electron chi connectivity index (χ2n) is 5.71. The van der Waals surface area contributed by atoms with E-state index in [9.17, 15) is 9.18 Å². The third kappa shape index (κ3) is 3.95. The lowest BCUT2D eigenvalue weighted by Crippen LogP contribution is -2.15. The van der Waals surface area contributed by atoms with Crippen molar-refractivity contribution in [3.05, 3.63) is 66.2 Å². The van der Waals surface area contributed by atoms with E-state index >= 15 is 0 Å². The maximum Gasteiger partial charge on any atom is 0.274 e. The largest absolute Gasteiger partial charge is 0.486 e. The first-order valence-corrected chi connectivity index (χ1v) is 8.24. The van der Waals surface area contributed by atoms with Crippen LogP contribution in [0.4, 0.5) is 21.7 Å². The molecule has 0 radical (unpaired) electrons. The van der Waals surface area contributed by atoms with Gasteiger partial charge in [0.1, 0.15) is 24.7 Å². The molecular formula is C19H15FN4O3. The minimum absolute atomic E-state index is 0.175. The van der Waals surface area contributed by atoms with Crippen molar-refractivity contribution in [2.24, 2.45) is 0 Å². The van der Waals surface area contributed by atoms with Gasteiger partial charge in [-0.2, -0.15) is 0 Å². The third-order valence-corrected chi connectivity index (χ3v) is 3.79. The predicted molar refractivity (Wildman–Crippen MR) is 97.1 cm³/mol. The normalized spacial score (nSPS) is 12.3. The maximum absolute atomic E-state index is 13.0. The Morgan fingerprint density at radius 3 is 2.52 bits per heavy atom. The Balaban J connectivity index is 1.48. The fourth-order valence-corrected chi connectivity index (χ4v) is 2.52. The second kappa shape index (κ2) is 7.28. The van der Waals surface area contributed by atoms with Crippen molar-refractivity contribution < 1.29 is 18.7 Å². The zero-order valence-electron chi connectivity index (χ0n) is 14.1. The summed E-state index contributed by atoms with van der Waals surface area (Å²) >= 11 is 0. The first kappa shape index (κ1) is 16.8. The predicted octanol–water partition coefficient (Wildman–Crippen LogP) is 3.38. The summed E-state index contributed by atoms with van der Waals surface area (Å²) in [6.07, 6.45) is 1.48. The van der Waals surface area contributed by atoms with E-state index in [0.717, 1.165) is 0 Å². The van der Waals surface area contributed by atoms with Crippen molar-refractivity contribution in [1.29, 1.82) is 0 Å². The average molecular weight is 366 g/mol. The molecule has 2 aromatic carbocycles. The number of nitrogens with zero attached hydrogens (tertiary/aromatic N) is 2. The average Bonchev–Trinajstić information content (AvgIpc) is 2.70. The van der Waals surface area contributed by atoms with Gasteiger partial charge in [0.05, 0.1) is 0 Å². The highest BCUT2D eigenvalue weighted by Crippen LogP contribution is 2.33. The van der Waals surface area contributed by atoms with Crippen molar-refractivity contribution in [2.75, 3.05) is 23.8 Å². The topological polar surface area (TPSA) is 85.4 Å². The summed E-state index contributed by atoms with van der Waals surface area (Å²) in [5, 5.41) is 5.69. The summed E-state index contributed by atoms with van der Waals surface area (Å²) in [6.45, 7) is 1.01. The van der Waals surface area contributed by atoms with Gasteiger partial charge < -0.3 is 20.1 Å². The monoisotopic (exact) mass is 366 g/mol. The molecular weight excluding hydrogens is 351 g/mol. The summed E-state index contributed by atoms with van der Waals surface area (Å²) in [5.41, 5.74) is 1.35. The van der Waals surface area contributed by atoms with Crippen LogP contribution in [0, 0.1) is 5.82 Å². The Bertz CT molecular complexity index is 979. The number of benzene rings is 2. The van der Waals surface area contributed by atoms with Crippen molar-refractivity contribution in [1.82, 2.24) is 9.97 Å². The molecule has 1 amide bonds. The molecule has 8 heteroatoms. The molecule has 0 unspecified atom stereocenters. The van der Waals surface area contributed by atoms with Crippen LogP contribution in [0.1, 0.15) is 10.5 Å². The van der Waals surface area contributed by atoms with Gasteiger partial charge in [-0.05, 0) is 42.5 Å². The molecule has 4 rings (SSSR count). The lowest BCUT2D eigenvalue weighted by molar-refractivity contribution is 0.102. The van der Waals surface area contributed by atoms with Crippen LogP contribution in [0.5, 0.6) is 11.5 Å². The fraction of sp³-hybridized carbons (Fsp3) is 0.105. The van der Waals surface area contributed by atoms with Gasteiger partial charge in [-0.25, -0.2) is 14.4 Å². The van der Waals surface area contributed by atoms with Crippen molar-refractivity contribution in [2.45, 2.75) is 0 Å². The Morgan fingerprint density at radius 2 is 1.70 bits per heavy atom. The molecule has 1 aliphatic heterocycles. The molecule has 0 aliphatic carbocycles. The molecule has 7 nitrogen and oxygen atoms in total. The van der Waals surface area contributed by atoms with Crippen LogP contribution >= 0.6 is 0 Å². The molecule has 0 saturated carbocycles. The Hall–Kier alpha value is -3.68. The first-order valence-electron chi connectivity index (χ1n) is 8.24. The molecule has 1 aliphatic rings. The number of nitrogens with one attached hydrogen (secondary N) is 2. The summed E-state index contributed by atoms with van der Waals surface area (Å²) in [5.74, 6) is 0.783. The lowest BCUT2D eigenvalue weighted by Gasteiger charge is -2.19. The molecule has 136 valence electrons. The SMILES string of the molecule is O=C(Nc1ccc(F)cc1)c1ccnc(Nc2ccc3c(c2)OCCO3)n1. The van der Waals surface area contributed by atoms with E-state index in [1.807, 2.05) is 6.07 Å². The highest BCUT2D eigenvalue weighted by molar-refractivity contribution is 6.02. The van der Waals surface area contributed by atoms with Crippen LogP contribution in [-0.4, -0.2) is 29.1 Å². The molecule has 0 fully saturated rings. The van der Waals surface area contributed by atoms with Gasteiger partial charge in [0, 0.05) is 23.6 Å². The van der Waals surface area contributed by atoms with Crippen molar-refractivity contribution in [3.63, 3.8) is 0 Å². The fourth-order valence-electron chi connectivity index (χ4n) is 2.52. The maximum atomic E-state index is 13.0. The van der Waals surface area contributed by atoms with Crippen molar-refractivity contribution >= 4 is 23.2 Å². The number of halogens is 1. The molecule has 27 heavy (non-hydrogen) atoms. The summed E-state index contributed by atoms with van der Waals surface area (Å²) in [4.78, 5) is 20.7. The highest BCUT2D eigenvalue weighted by atomic mass is 19.1. The molecule has 2 heterocycles. The molecule has 2 N–H and O–H groups in total. The van der Waals surface area contributed by atoms with Gasteiger partial charge in [-0.1, -0.05) is 0 Å². The van der Waals surface area contributed by atoms with Crippen LogP contribution < -0.4 is 20.1 Å². The van der Waals surface area contributed by atoms with E-state index < -0.39 is 5.91 Å². The highest BCUT2D eigenvalue weighted by Gasteiger charge is 2.13. The first-order chi connectivity index (χ1) is 13.2. The van der Waals surface area contributed by atoms with E-state index in [-0.39, 0.29) is 17.5 Å². The number of rotatable bonds is 4. The zero-order chi connectivity index (χ0) is 18.6. The molecule has 0 bridgehead atoms. The van der Waals surface area contributed by atoms with Gasteiger partial charge in [0.25, 0.3) is 5.91 Å². The van der Waals surface area contributed by atoms with Crippen LogP contribution in [-0.2, 0) is 0 Å². The Labute approximate surface area is 154 Å². The summed E-state index contributed by atoms with van der Waals surface area (Å²) in [6, 6.07) is 12.4. The van der Waals surface area contributed by atoms with E-state index in [0.29, 0.717) is 36.1 Å². The van der Waals surface area contributed by atoms with Gasteiger partial charge in [-0.3, -0.25) is 4.79 Å². The Kier molecular flexibility index (Phi) is 4.52. The molecule has 0 saturated heterocycles. The Morgan fingerprint density at radius 1 is 0.963 bits per heavy atom. The number of carbonyl (C=O) groups excluding carboxylic acids is 1. The molecule has 3 aromatic rings. The second-order valence-corrected chi connectivity index (χ2v) is 5.71. The third-order valence-electron chi connectivity index (χ3n) is 3.79. The lowest BCUT2D eigenvalue weighted by atomic mass is 10.2. The number of fused-ring (bicyclic) bond motifs is 1. The standard InChI is InChI=1S/C19H15FN4O3/c20-12-1-3-13(4-2-12)22-18(25)15-7-8-21-19(24-15)23-14-5-6-16-17(11-14)27-10-9-26-16/h1-8,11H,9-10H2,(H,22,25)(H,21,23,24). The number of hydrogen-bond acceptors (Lipinski definition) is 6. The number of carbonyl (C=O) groups is 1. The van der Waals surface area contributed by atoms with E-state index in [4.69, 9.17) is 9.47 Å². The molecule has 0 atom stereocenters. The molecule has 1 aromatic heterocycles. The number of aromatic nitrogens is 2. The number of hydrogen-bond donors (Lipinski definition) is 2. The summed E-state index contributed by atoms with van der Waals surface area (Å²) < 4.78 is 24.0. The van der Waals surface area contributed by atoms with Gasteiger partial charge in [0.15, 0.2) is 11.5 Å². The smallest absolute Gasteiger partial charge is 0.274 e.